The number of carbonyl (C=O) groups is 2. The predicted molar refractivity (Wildman–Crippen MR) is 120 cm³/mol. The smallest absolute Gasteiger partial charge is 0.254 e. The zero-order valence-electron chi connectivity index (χ0n) is 18.7. The first-order valence-electron chi connectivity index (χ1n) is 12.2. The summed E-state index contributed by atoms with van der Waals surface area (Å²) in [6.45, 7) is 1.52. The molecule has 0 radical (unpaired) electrons. The maximum absolute atomic E-state index is 13.4. The van der Waals surface area contributed by atoms with Gasteiger partial charge in [-0.1, -0.05) is 12.8 Å². The van der Waals surface area contributed by atoms with Crippen molar-refractivity contribution in [3.8, 4) is 0 Å². The number of aromatic amines is 1. The summed E-state index contributed by atoms with van der Waals surface area (Å²) < 4.78 is 0. The van der Waals surface area contributed by atoms with Crippen molar-refractivity contribution < 1.29 is 9.59 Å². The Labute approximate surface area is 192 Å². The Bertz CT molecular complexity index is 1130. The molecule has 8 nitrogen and oxygen atoms in total. The van der Waals surface area contributed by atoms with E-state index in [0.717, 1.165) is 19.4 Å². The maximum Gasteiger partial charge on any atom is 0.254 e. The number of nitrogens with one attached hydrogen (secondary N) is 1. The van der Waals surface area contributed by atoms with E-state index in [9.17, 15) is 14.4 Å². The number of H-pyrrole nitrogens is 1. The van der Waals surface area contributed by atoms with Crippen LogP contribution < -0.4 is 5.56 Å². The molecule has 1 saturated heterocycles. The SMILES string of the molecule is O=C(c1ccncc1)N1CCc2c(nc([C@H]3CCCN3C(=O)C3[C@H]4CCCC[C@H]34)[nH]c2=O)C1. The van der Waals surface area contributed by atoms with E-state index >= 15 is 0 Å². The van der Waals surface area contributed by atoms with Crippen molar-refractivity contribution in [1.82, 2.24) is 24.8 Å². The standard InChI is InChI=1S/C25H29N5O3/c31-23-18-9-13-29(24(32)15-7-10-26-11-8-15)14-19(18)27-22(28-23)20-6-3-12-30(20)25(33)21-16-4-1-2-5-17(16)21/h7-8,10-11,16-17,20-21H,1-6,9,12-14H2,(H,27,28,31)/t16-,17-,20+/m0/s1. The molecule has 33 heavy (non-hydrogen) atoms. The average Bonchev–Trinajstić information content (AvgIpc) is 3.37. The minimum atomic E-state index is -0.176. The fraction of sp³-hybridized carbons (Fsp3) is 0.560. The molecule has 8 heteroatoms. The summed E-state index contributed by atoms with van der Waals surface area (Å²) in [5.41, 5.74) is 1.76. The molecule has 2 aromatic heterocycles. The highest BCUT2D eigenvalue weighted by Crippen LogP contribution is 2.56. The molecule has 172 valence electrons. The molecule has 0 spiro atoms. The number of fused-ring (bicyclic) bond motifs is 2. The van der Waals surface area contributed by atoms with Crippen LogP contribution in [0.2, 0.25) is 0 Å². The Hall–Kier alpha value is -3.03. The summed E-state index contributed by atoms with van der Waals surface area (Å²) in [6.07, 6.45) is 10.3. The Morgan fingerprint density at radius 3 is 2.52 bits per heavy atom. The van der Waals surface area contributed by atoms with Crippen LogP contribution in [0.5, 0.6) is 0 Å². The third-order valence-corrected chi connectivity index (χ3v) is 8.10. The molecule has 0 aromatic carbocycles. The summed E-state index contributed by atoms with van der Waals surface area (Å²) in [6, 6.07) is 3.22. The van der Waals surface area contributed by atoms with Crippen LogP contribution in [0.1, 0.15) is 72.0 Å². The van der Waals surface area contributed by atoms with Crippen molar-refractivity contribution in [3.05, 3.63) is 57.5 Å². The number of aromatic nitrogens is 3. The van der Waals surface area contributed by atoms with Gasteiger partial charge in [-0.05, 0) is 56.1 Å². The fourth-order valence-corrected chi connectivity index (χ4v) is 6.33. The molecule has 2 aliphatic carbocycles. The minimum Gasteiger partial charge on any atom is -0.332 e. The predicted octanol–water partition coefficient (Wildman–Crippen LogP) is 2.46. The van der Waals surface area contributed by atoms with Crippen LogP contribution in [0.15, 0.2) is 29.3 Å². The van der Waals surface area contributed by atoms with Gasteiger partial charge in [0.15, 0.2) is 0 Å². The van der Waals surface area contributed by atoms with Gasteiger partial charge in [0, 0.05) is 42.5 Å². The summed E-state index contributed by atoms with van der Waals surface area (Å²) in [7, 11) is 0. The lowest BCUT2D eigenvalue weighted by Crippen LogP contribution is -2.40. The van der Waals surface area contributed by atoms with E-state index in [4.69, 9.17) is 4.98 Å². The molecule has 4 aliphatic rings. The van der Waals surface area contributed by atoms with E-state index in [1.54, 1.807) is 29.4 Å². The van der Waals surface area contributed by atoms with Gasteiger partial charge in [0.1, 0.15) is 5.82 Å². The van der Waals surface area contributed by atoms with E-state index in [0.29, 0.717) is 54.0 Å². The van der Waals surface area contributed by atoms with Crippen molar-refractivity contribution >= 4 is 11.8 Å². The van der Waals surface area contributed by atoms with Crippen molar-refractivity contribution in [1.29, 1.82) is 0 Å². The van der Waals surface area contributed by atoms with Gasteiger partial charge < -0.3 is 14.8 Å². The lowest BCUT2D eigenvalue weighted by atomic mass is 10.0. The molecule has 6 rings (SSSR count). The van der Waals surface area contributed by atoms with Gasteiger partial charge in [-0.2, -0.15) is 0 Å². The third kappa shape index (κ3) is 3.56. The van der Waals surface area contributed by atoms with E-state index in [-0.39, 0.29) is 29.3 Å². The molecule has 2 aromatic rings. The Morgan fingerprint density at radius 1 is 1.00 bits per heavy atom. The Balaban J connectivity index is 1.24. The average molecular weight is 448 g/mol. The minimum absolute atomic E-state index is 0.0827. The molecule has 3 fully saturated rings. The number of amides is 2. The van der Waals surface area contributed by atoms with Crippen LogP contribution in [0.3, 0.4) is 0 Å². The lowest BCUT2D eigenvalue weighted by Gasteiger charge is -2.29. The summed E-state index contributed by atoms with van der Waals surface area (Å²) in [5.74, 6) is 2.05. The first-order chi connectivity index (χ1) is 16.1. The topological polar surface area (TPSA) is 99.3 Å². The number of rotatable bonds is 3. The number of hydrogen-bond donors (Lipinski definition) is 1. The van der Waals surface area contributed by atoms with Crippen LogP contribution in [0.25, 0.3) is 0 Å². The van der Waals surface area contributed by atoms with Crippen LogP contribution in [0.4, 0.5) is 0 Å². The molecule has 0 bridgehead atoms. The molecule has 2 saturated carbocycles. The highest BCUT2D eigenvalue weighted by molar-refractivity contribution is 5.94. The molecule has 3 atom stereocenters. The number of pyridine rings is 1. The zero-order chi connectivity index (χ0) is 22.5. The number of likely N-dealkylation sites (tertiary alicyclic amines) is 1. The molecular weight excluding hydrogens is 418 g/mol. The van der Waals surface area contributed by atoms with Gasteiger partial charge in [0.25, 0.3) is 11.5 Å². The van der Waals surface area contributed by atoms with Gasteiger partial charge in [0.05, 0.1) is 18.3 Å². The number of hydrogen-bond acceptors (Lipinski definition) is 5. The van der Waals surface area contributed by atoms with E-state index in [2.05, 4.69) is 9.97 Å². The van der Waals surface area contributed by atoms with Gasteiger partial charge in [-0.15, -0.1) is 0 Å². The largest absolute Gasteiger partial charge is 0.332 e. The fourth-order valence-electron chi connectivity index (χ4n) is 6.33. The second-order valence-electron chi connectivity index (χ2n) is 9.92. The maximum atomic E-state index is 13.4. The van der Waals surface area contributed by atoms with Crippen molar-refractivity contribution in [2.45, 2.75) is 57.5 Å². The quantitative estimate of drug-likeness (QED) is 0.779. The molecule has 2 aliphatic heterocycles. The normalized spacial score (nSPS) is 28.2. The molecule has 1 N–H and O–H groups in total. The number of nitrogens with zero attached hydrogens (tertiary/aromatic N) is 4. The lowest BCUT2D eigenvalue weighted by molar-refractivity contribution is -0.134. The first-order valence-corrected chi connectivity index (χ1v) is 12.2. The highest BCUT2D eigenvalue weighted by Gasteiger charge is 2.56. The van der Waals surface area contributed by atoms with Gasteiger partial charge in [0.2, 0.25) is 5.91 Å². The summed E-state index contributed by atoms with van der Waals surface area (Å²) >= 11 is 0. The van der Waals surface area contributed by atoms with E-state index < -0.39 is 0 Å². The van der Waals surface area contributed by atoms with E-state index in [1.165, 1.54) is 25.7 Å². The van der Waals surface area contributed by atoms with E-state index in [1.807, 2.05) is 4.90 Å². The van der Waals surface area contributed by atoms with Gasteiger partial charge >= 0.3 is 0 Å². The highest BCUT2D eigenvalue weighted by atomic mass is 16.2. The Kier molecular flexibility index (Phi) is 5.03. The zero-order valence-corrected chi connectivity index (χ0v) is 18.7. The number of carbonyl (C=O) groups excluding carboxylic acids is 2. The first kappa shape index (κ1) is 20.6. The monoisotopic (exact) mass is 447 g/mol. The van der Waals surface area contributed by atoms with Crippen LogP contribution in [-0.4, -0.2) is 49.7 Å². The Morgan fingerprint density at radius 2 is 1.76 bits per heavy atom. The van der Waals surface area contributed by atoms with Crippen molar-refractivity contribution in [2.24, 2.45) is 17.8 Å². The summed E-state index contributed by atoms with van der Waals surface area (Å²) in [5, 5.41) is 0. The van der Waals surface area contributed by atoms with Crippen molar-refractivity contribution in [2.75, 3.05) is 13.1 Å². The van der Waals surface area contributed by atoms with Crippen molar-refractivity contribution in [3.63, 3.8) is 0 Å². The van der Waals surface area contributed by atoms with Gasteiger partial charge in [-0.3, -0.25) is 19.4 Å². The second-order valence-corrected chi connectivity index (χ2v) is 9.92. The summed E-state index contributed by atoms with van der Waals surface area (Å²) in [4.78, 5) is 54.7. The van der Waals surface area contributed by atoms with Gasteiger partial charge in [-0.25, -0.2) is 4.98 Å². The molecule has 2 amide bonds. The van der Waals surface area contributed by atoms with Crippen LogP contribution >= 0.6 is 0 Å². The molecule has 0 unspecified atom stereocenters. The van der Waals surface area contributed by atoms with Crippen LogP contribution in [-0.2, 0) is 17.8 Å². The second kappa shape index (κ2) is 8.08. The molecule has 4 heterocycles. The third-order valence-electron chi connectivity index (χ3n) is 8.10. The van der Waals surface area contributed by atoms with Crippen LogP contribution in [0, 0.1) is 17.8 Å². The molecular formula is C25H29N5O3.